The molecular formula is C18H21ClN4O2. The molecule has 0 unspecified atom stereocenters. The van der Waals surface area contributed by atoms with Gasteiger partial charge in [-0.05, 0) is 42.9 Å². The van der Waals surface area contributed by atoms with Crippen molar-refractivity contribution in [2.75, 3.05) is 23.7 Å². The number of ether oxygens (including phenoxy) is 1. The molecule has 1 aromatic carbocycles. The van der Waals surface area contributed by atoms with Crippen LogP contribution >= 0.6 is 11.6 Å². The number of fused-ring (bicyclic) bond motifs is 1. The lowest BCUT2D eigenvalue weighted by atomic mass is 9.78. The minimum Gasteiger partial charge on any atom is -0.488 e. The Balaban J connectivity index is 1.45. The highest BCUT2D eigenvalue weighted by molar-refractivity contribution is 6.30. The largest absolute Gasteiger partial charge is 0.488 e. The molecule has 6 nitrogen and oxygen atoms in total. The zero-order valence-corrected chi connectivity index (χ0v) is 14.5. The molecule has 1 aromatic heterocycles. The summed E-state index contributed by atoms with van der Waals surface area (Å²) in [5, 5.41) is 11.2. The summed E-state index contributed by atoms with van der Waals surface area (Å²) in [6.07, 6.45) is 2.35. The molecule has 4 atom stereocenters. The summed E-state index contributed by atoms with van der Waals surface area (Å²) in [5.74, 6) is 2.92. The van der Waals surface area contributed by atoms with Gasteiger partial charge in [-0.15, -0.1) is 0 Å². The average molecular weight is 361 g/mol. The molecule has 4 rings (SSSR count). The number of anilines is 2. The van der Waals surface area contributed by atoms with E-state index >= 15 is 0 Å². The van der Waals surface area contributed by atoms with Crippen LogP contribution in [-0.2, 0) is 0 Å². The summed E-state index contributed by atoms with van der Waals surface area (Å²) in [5.41, 5.74) is 5.77. The van der Waals surface area contributed by atoms with Crippen LogP contribution in [0.3, 0.4) is 0 Å². The average Bonchev–Trinajstić information content (AvgIpc) is 2.98. The van der Waals surface area contributed by atoms with E-state index in [0.717, 1.165) is 31.7 Å². The molecule has 2 aliphatic rings. The van der Waals surface area contributed by atoms with E-state index in [9.17, 15) is 5.11 Å². The first-order chi connectivity index (χ1) is 12.1. The summed E-state index contributed by atoms with van der Waals surface area (Å²) in [7, 11) is 0. The molecule has 1 aliphatic heterocycles. The Labute approximate surface area is 151 Å². The van der Waals surface area contributed by atoms with Gasteiger partial charge in [-0.3, -0.25) is 0 Å². The first kappa shape index (κ1) is 16.4. The van der Waals surface area contributed by atoms with Gasteiger partial charge < -0.3 is 20.5 Å². The van der Waals surface area contributed by atoms with E-state index in [2.05, 4.69) is 14.9 Å². The highest BCUT2D eigenvalue weighted by Crippen LogP contribution is 2.39. The Morgan fingerprint density at radius 3 is 2.72 bits per heavy atom. The third-order valence-electron chi connectivity index (χ3n) is 5.17. The second kappa shape index (κ2) is 6.69. The zero-order chi connectivity index (χ0) is 17.4. The molecule has 1 aliphatic carbocycles. The van der Waals surface area contributed by atoms with E-state index in [0.29, 0.717) is 28.4 Å². The molecule has 3 N–H and O–H groups in total. The van der Waals surface area contributed by atoms with Crippen LogP contribution in [0.2, 0.25) is 5.02 Å². The number of benzene rings is 1. The van der Waals surface area contributed by atoms with Crippen molar-refractivity contribution >= 4 is 23.2 Å². The molecule has 0 bridgehead atoms. The van der Waals surface area contributed by atoms with Gasteiger partial charge in [0.15, 0.2) is 0 Å². The highest BCUT2D eigenvalue weighted by atomic mass is 35.5. The molecule has 7 heteroatoms. The molecule has 2 aromatic rings. The minimum atomic E-state index is -0.476. The van der Waals surface area contributed by atoms with Crippen molar-refractivity contribution in [3.63, 3.8) is 0 Å². The Morgan fingerprint density at radius 1 is 1.16 bits per heavy atom. The number of aliphatic hydroxyl groups excluding tert-OH is 1. The quantitative estimate of drug-likeness (QED) is 0.874. The standard InChI is InChI=1S/C18H21ClN4O2/c19-13-2-1-3-14(6-13)25-16-5-12-9-23(8-11(12)4-15(16)24)18-7-17(20)21-10-22-18/h1-3,6-7,10-12,15-16,24H,4-5,8-9H2,(H2,20,21,22)/t11-,12+,15+,16+/m0/s1. The predicted molar refractivity (Wildman–Crippen MR) is 96.7 cm³/mol. The van der Waals surface area contributed by atoms with Gasteiger partial charge in [0.1, 0.15) is 29.8 Å². The van der Waals surface area contributed by atoms with Crippen LogP contribution in [0.25, 0.3) is 0 Å². The minimum absolute atomic E-state index is 0.213. The van der Waals surface area contributed by atoms with Gasteiger partial charge in [0.05, 0.1) is 6.10 Å². The second-order valence-electron chi connectivity index (χ2n) is 6.88. The summed E-state index contributed by atoms with van der Waals surface area (Å²) in [6.45, 7) is 1.77. The van der Waals surface area contributed by atoms with E-state index < -0.39 is 6.10 Å². The van der Waals surface area contributed by atoms with Gasteiger partial charge >= 0.3 is 0 Å². The Morgan fingerprint density at radius 2 is 1.96 bits per heavy atom. The van der Waals surface area contributed by atoms with Crippen LogP contribution in [0.5, 0.6) is 5.75 Å². The van der Waals surface area contributed by atoms with Crippen LogP contribution in [0, 0.1) is 11.8 Å². The molecule has 2 heterocycles. The van der Waals surface area contributed by atoms with E-state index in [1.54, 1.807) is 12.1 Å². The fraction of sp³-hybridized carbons (Fsp3) is 0.444. The predicted octanol–water partition coefficient (Wildman–Crippen LogP) is 2.37. The molecular weight excluding hydrogens is 340 g/mol. The van der Waals surface area contributed by atoms with E-state index in [1.165, 1.54) is 6.33 Å². The number of halogens is 1. The molecule has 1 saturated heterocycles. The lowest BCUT2D eigenvalue weighted by Crippen LogP contribution is -2.42. The lowest BCUT2D eigenvalue weighted by molar-refractivity contribution is -0.0231. The van der Waals surface area contributed by atoms with Crippen LogP contribution in [-0.4, -0.2) is 40.4 Å². The molecule has 0 radical (unpaired) electrons. The first-order valence-corrected chi connectivity index (χ1v) is 8.89. The first-order valence-electron chi connectivity index (χ1n) is 8.51. The number of hydrogen-bond acceptors (Lipinski definition) is 6. The molecule has 0 amide bonds. The van der Waals surface area contributed by atoms with Gasteiger partial charge in [0.2, 0.25) is 0 Å². The topological polar surface area (TPSA) is 84.5 Å². The van der Waals surface area contributed by atoms with Crippen molar-refractivity contribution in [1.29, 1.82) is 0 Å². The van der Waals surface area contributed by atoms with E-state index in [1.807, 2.05) is 18.2 Å². The molecule has 0 spiro atoms. The Bertz CT molecular complexity index is 759. The van der Waals surface area contributed by atoms with Gasteiger partial charge in [-0.2, -0.15) is 0 Å². The van der Waals surface area contributed by atoms with Crippen molar-refractivity contribution in [2.45, 2.75) is 25.0 Å². The second-order valence-corrected chi connectivity index (χ2v) is 7.32. The number of hydrogen-bond donors (Lipinski definition) is 2. The Hall–Kier alpha value is -2.05. The summed E-state index contributed by atoms with van der Waals surface area (Å²) >= 11 is 6.02. The number of nitrogens with zero attached hydrogens (tertiary/aromatic N) is 3. The van der Waals surface area contributed by atoms with E-state index in [4.69, 9.17) is 22.1 Å². The number of nitrogen functional groups attached to an aromatic ring is 1. The monoisotopic (exact) mass is 360 g/mol. The zero-order valence-electron chi connectivity index (χ0n) is 13.8. The lowest BCUT2D eigenvalue weighted by Gasteiger charge is -2.35. The number of rotatable bonds is 3. The molecule has 132 valence electrons. The smallest absolute Gasteiger partial charge is 0.134 e. The van der Waals surface area contributed by atoms with Crippen LogP contribution < -0.4 is 15.4 Å². The van der Waals surface area contributed by atoms with Crippen LogP contribution in [0.4, 0.5) is 11.6 Å². The summed E-state index contributed by atoms with van der Waals surface area (Å²) in [6, 6.07) is 9.12. The fourth-order valence-electron chi connectivity index (χ4n) is 3.95. The van der Waals surface area contributed by atoms with Gasteiger partial charge in [-0.25, -0.2) is 9.97 Å². The number of aromatic nitrogens is 2. The SMILES string of the molecule is Nc1cc(N2C[C@H]3C[C@@H](Oc4cccc(Cl)c4)[C@H](O)C[C@H]3C2)ncn1. The van der Waals surface area contributed by atoms with Crippen molar-refractivity contribution in [3.05, 3.63) is 41.7 Å². The summed E-state index contributed by atoms with van der Waals surface area (Å²) in [4.78, 5) is 10.5. The van der Waals surface area contributed by atoms with Crippen molar-refractivity contribution in [3.8, 4) is 5.75 Å². The molecule has 2 fully saturated rings. The van der Waals surface area contributed by atoms with Gasteiger partial charge in [-0.1, -0.05) is 17.7 Å². The Kier molecular flexibility index (Phi) is 4.39. The van der Waals surface area contributed by atoms with Gasteiger partial charge in [0.25, 0.3) is 0 Å². The fourth-order valence-corrected chi connectivity index (χ4v) is 4.13. The third kappa shape index (κ3) is 3.50. The summed E-state index contributed by atoms with van der Waals surface area (Å²) < 4.78 is 6.02. The normalized spacial score (nSPS) is 28.6. The maximum absolute atomic E-state index is 10.5. The van der Waals surface area contributed by atoms with Crippen molar-refractivity contribution in [1.82, 2.24) is 9.97 Å². The van der Waals surface area contributed by atoms with Crippen molar-refractivity contribution < 1.29 is 9.84 Å². The van der Waals surface area contributed by atoms with Crippen LogP contribution in [0.15, 0.2) is 36.7 Å². The highest BCUT2D eigenvalue weighted by Gasteiger charge is 2.43. The number of aliphatic hydroxyl groups is 1. The van der Waals surface area contributed by atoms with E-state index in [-0.39, 0.29) is 6.10 Å². The van der Waals surface area contributed by atoms with Gasteiger partial charge in [0, 0.05) is 24.2 Å². The number of nitrogens with two attached hydrogens (primary N) is 1. The third-order valence-corrected chi connectivity index (χ3v) is 5.40. The maximum Gasteiger partial charge on any atom is 0.134 e. The molecule has 1 saturated carbocycles. The maximum atomic E-state index is 10.5. The van der Waals surface area contributed by atoms with Crippen LogP contribution in [0.1, 0.15) is 12.8 Å². The van der Waals surface area contributed by atoms with Crippen molar-refractivity contribution in [2.24, 2.45) is 11.8 Å². The molecule has 25 heavy (non-hydrogen) atoms.